The number of benzene rings is 2. The molecule has 1 saturated heterocycles. The summed E-state index contributed by atoms with van der Waals surface area (Å²) in [6.45, 7) is 2.61. The van der Waals surface area contributed by atoms with Gasteiger partial charge in [0.15, 0.2) is 18.1 Å². The van der Waals surface area contributed by atoms with Crippen LogP contribution in [0.2, 0.25) is 0 Å². The van der Waals surface area contributed by atoms with Crippen molar-refractivity contribution in [2.75, 3.05) is 53.7 Å². The van der Waals surface area contributed by atoms with Gasteiger partial charge in [-0.15, -0.1) is 0 Å². The minimum absolute atomic E-state index is 0.0255. The number of carbonyl (C=O) groups is 2. The van der Waals surface area contributed by atoms with Crippen LogP contribution in [-0.2, 0) is 22.4 Å². The van der Waals surface area contributed by atoms with E-state index in [2.05, 4.69) is 4.98 Å². The highest BCUT2D eigenvalue weighted by Crippen LogP contribution is 2.41. The van der Waals surface area contributed by atoms with E-state index >= 15 is 0 Å². The molecule has 10 heteroatoms. The highest BCUT2D eigenvalue weighted by Gasteiger charge is 2.35. The zero-order valence-electron chi connectivity index (χ0n) is 21.8. The molecule has 0 bridgehead atoms. The summed E-state index contributed by atoms with van der Waals surface area (Å²) in [5.41, 5.74) is 9.59. The van der Waals surface area contributed by atoms with Gasteiger partial charge in [-0.25, -0.2) is 4.79 Å². The second-order valence-corrected chi connectivity index (χ2v) is 9.56. The number of rotatable bonds is 8. The molecule has 2 aliphatic rings. The number of nitrogens with two attached hydrogens (primary N) is 1. The van der Waals surface area contributed by atoms with Crippen molar-refractivity contribution in [3.8, 4) is 17.2 Å². The Morgan fingerprint density at radius 3 is 2.63 bits per heavy atom. The van der Waals surface area contributed by atoms with Gasteiger partial charge in [-0.2, -0.15) is 0 Å². The first kappa shape index (κ1) is 25.7. The first-order valence-corrected chi connectivity index (χ1v) is 12.9. The van der Waals surface area contributed by atoms with Crippen LogP contribution in [0.3, 0.4) is 0 Å². The first-order valence-electron chi connectivity index (χ1n) is 12.9. The third-order valence-corrected chi connectivity index (χ3v) is 7.34. The maximum absolute atomic E-state index is 13.7. The van der Waals surface area contributed by atoms with Gasteiger partial charge < -0.3 is 39.5 Å². The fourth-order valence-electron chi connectivity index (χ4n) is 5.39. The van der Waals surface area contributed by atoms with E-state index in [1.807, 2.05) is 46.3 Å². The molecular weight excluding hydrogens is 488 g/mol. The Morgan fingerprint density at radius 2 is 1.89 bits per heavy atom. The Hall–Kier alpha value is -3.92. The maximum Gasteiger partial charge on any atom is 0.320 e. The summed E-state index contributed by atoms with van der Waals surface area (Å²) < 4.78 is 22.2. The number of morpholine rings is 1. The quantitative estimate of drug-likeness (QED) is 0.469. The van der Waals surface area contributed by atoms with Crippen LogP contribution >= 0.6 is 0 Å². The lowest BCUT2D eigenvalue weighted by molar-refractivity contribution is -0.119. The average molecular weight is 523 g/mol. The van der Waals surface area contributed by atoms with Gasteiger partial charge in [0.1, 0.15) is 5.75 Å². The Labute approximate surface area is 221 Å². The number of amides is 3. The molecule has 3 aromatic rings. The van der Waals surface area contributed by atoms with Crippen LogP contribution < -0.4 is 19.9 Å². The molecule has 1 atom stereocenters. The van der Waals surface area contributed by atoms with Gasteiger partial charge in [-0.3, -0.25) is 4.79 Å². The summed E-state index contributed by atoms with van der Waals surface area (Å²) in [4.78, 5) is 32.2. The number of hydrogen-bond donors (Lipinski definition) is 2. The summed E-state index contributed by atoms with van der Waals surface area (Å²) in [5, 5.41) is 1.11. The van der Waals surface area contributed by atoms with Crippen LogP contribution in [0.1, 0.15) is 29.2 Å². The number of nitrogens with zero attached hydrogens (tertiary/aromatic N) is 2. The number of urea groups is 1. The van der Waals surface area contributed by atoms with Crippen LogP contribution in [-0.4, -0.2) is 80.4 Å². The first-order chi connectivity index (χ1) is 18.5. The molecule has 3 heterocycles. The highest BCUT2D eigenvalue weighted by molar-refractivity contribution is 5.84. The number of fused-ring (bicyclic) bond motifs is 2. The summed E-state index contributed by atoms with van der Waals surface area (Å²) in [7, 11) is 3.23. The molecule has 0 saturated carbocycles. The van der Waals surface area contributed by atoms with Crippen molar-refractivity contribution in [1.82, 2.24) is 14.8 Å². The van der Waals surface area contributed by atoms with E-state index in [1.165, 1.54) is 0 Å². The largest absolute Gasteiger partial charge is 0.497 e. The molecule has 1 aromatic heterocycles. The van der Waals surface area contributed by atoms with Gasteiger partial charge in [-0.1, -0.05) is 0 Å². The minimum Gasteiger partial charge on any atom is -0.497 e. The number of hydrogen-bond acceptors (Lipinski definition) is 6. The lowest BCUT2D eigenvalue weighted by atomic mass is 9.88. The van der Waals surface area contributed by atoms with E-state index in [9.17, 15) is 9.59 Å². The molecule has 0 radical (unpaired) electrons. The van der Waals surface area contributed by atoms with E-state index in [4.69, 9.17) is 24.7 Å². The minimum atomic E-state index is -0.555. The molecular formula is C28H34N4O6. The molecule has 0 aliphatic carbocycles. The standard InChI is InChI=1S/C28H34N4O6/c1-35-20-4-5-23-21(14-20)19(16-30-23)3-6-24-22-15-25(36-2)26(38-17-27(29)33)13-18(22)7-8-32(24)28(34)31-9-11-37-12-10-31/h4-5,13-16,24,30H,3,6-12,17H2,1-2H3,(H2,29,33). The summed E-state index contributed by atoms with van der Waals surface area (Å²) >= 11 is 0. The van der Waals surface area contributed by atoms with Crippen molar-refractivity contribution in [3.63, 3.8) is 0 Å². The number of aryl methyl sites for hydroxylation is 1. The molecule has 2 aromatic carbocycles. The zero-order chi connectivity index (χ0) is 26.6. The normalized spacial score (nSPS) is 17.3. The van der Waals surface area contributed by atoms with Crippen LogP contribution in [0.15, 0.2) is 36.5 Å². The summed E-state index contributed by atoms with van der Waals surface area (Å²) in [6, 6.07) is 9.71. The van der Waals surface area contributed by atoms with E-state index in [0.717, 1.165) is 46.2 Å². The lowest BCUT2D eigenvalue weighted by Gasteiger charge is -2.41. The lowest BCUT2D eigenvalue weighted by Crippen LogP contribution is -2.51. The van der Waals surface area contributed by atoms with Crippen LogP contribution in [0.25, 0.3) is 10.9 Å². The molecule has 38 heavy (non-hydrogen) atoms. The SMILES string of the molecule is COc1ccc2[nH]cc(CCC3c4cc(OC)c(OCC(N)=O)cc4CCN3C(=O)N3CCOCC3)c2c1. The van der Waals surface area contributed by atoms with E-state index in [-0.39, 0.29) is 18.7 Å². The summed E-state index contributed by atoms with van der Waals surface area (Å²) in [5.74, 6) is 1.23. The van der Waals surface area contributed by atoms with Crippen LogP contribution in [0, 0.1) is 0 Å². The number of nitrogens with one attached hydrogen (secondary N) is 1. The van der Waals surface area contributed by atoms with Crippen LogP contribution in [0.4, 0.5) is 4.79 Å². The number of H-pyrrole nitrogens is 1. The molecule has 202 valence electrons. The predicted octanol–water partition coefficient (Wildman–Crippen LogP) is 3.03. The van der Waals surface area contributed by atoms with E-state index < -0.39 is 5.91 Å². The van der Waals surface area contributed by atoms with Gasteiger partial charge in [0, 0.05) is 36.7 Å². The zero-order valence-corrected chi connectivity index (χ0v) is 21.8. The number of aromatic nitrogens is 1. The maximum atomic E-state index is 13.7. The molecule has 1 unspecified atom stereocenters. The highest BCUT2D eigenvalue weighted by atomic mass is 16.5. The Kier molecular flexibility index (Phi) is 7.59. The number of ether oxygens (including phenoxy) is 4. The Balaban J connectivity index is 1.47. The van der Waals surface area contributed by atoms with Crippen molar-refractivity contribution in [2.45, 2.75) is 25.3 Å². The van der Waals surface area contributed by atoms with Crippen molar-refractivity contribution < 1.29 is 28.5 Å². The van der Waals surface area contributed by atoms with Gasteiger partial charge in [-0.05, 0) is 66.3 Å². The topological polar surface area (TPSA) is 119 Å². The number of primary amides is 1. The van der Waals surface area contributed by atoms with E-state index in [0.29, 0.717) is 50.8 Å². The fourth-order valence-corrected chi connectivity index (χ4v) is 5.39. The summed E-state index contributed by atoms with van der Waals surface area (Å²) in [6.07, 6.45) is 4.18. The Morgan fingerprint density at radius 1 is 1.08 bits per heavy atom. The second kappa shape index (κ2) is 11.2. The van der Waals surface area contributed by atoms with Crippen molar-refractivity contribution in [3.05, 3.63) is 53.2 Å². The Bertz CT molecular complexity index is 1320. The molecule has 1 fully saturated rings. The molecule has 3 N–H and O–H groups in total. The number of methoxy groups -OCH3 is 2. The third-order valence-electron chi connectivity index (χ3n) is 7.34. The van der Waals surface area contributed by atoms with Crippen molar-refractivity contribution in [2.24, 2.45) is 5.73 Å². The number of carbonyl (C=O) groups excluding carboxylic acids is 2. The molecule has 5 rings (SSSR count). The fraction of sp³-hybridized carbons (Fsp3) is 0.429. The van der Waals surface area contributed by atoms with Crippen molar-refractivity contribution in [1.29, 1.82) is 0 Å². The van der Waals surface area contributed by atoms with Gasteiger partial charge in [0.05, 0.1) is 33.5 Å². The molecule has 3 amide bonds. The molecule has 2 aliphatic heterocycles. The van der Waals surface area contributed by atoms with Crippen LogP contribution in [0.5, 0.6) is 17.2 Å². The smallest absolute Gasteiger partial charge is 0.320 e. The second-order valence-electron chi connectivity index (χ2n) is 9.56. The monoisotopic (exact) mass is 522 g/mol. The molecule has 10 nitrogen and oxygen atoms in total. The average Bonchev–Trinajstić information content (AvgIpc) is 3.36. The molecule has 0 spiro atoms. The van der Waals surface area contributed by atoms with Crippen molar-refractivity contribution >= 4 is 22.8 Å². The third kappa shape index (κ3) is 5.22. The van der Waals surface area contributed by atoms with Gasteiger partial charge in [0.25, 0.3) is 5.91 Å². The predicted molar refractivity (Wildman–Crippen MR) is 142 cm³/mol. The number of aromatic amines is 1. The van der Waals surface area contributed by atoms with Gasteiger partial charge >= 0.3 is 6.03 Å². The van der Waals surface area contributed by atoms with E-state index in [1.54, 1.807) is 14.2 Å². The van der Waals surface area contributed by atoms with Gasteiger partial charge in [0.2, 0.25) is 0 Å².